The Labute approximate surface area is 170 Å². The van der Waals surface area contributed by atoms with Crippen LogP contribution in [0.5, 0.6) is 0 Å². The second kappa shape index (κ2) is 7.60. The highest BCUT2D eigenvalue weighted by molar-refractivity contribution is 5.80. The first-order valence-corrected chi connectivity index (χ1v) is 10.0. The lowest BCUT2D eigenvalue weighted by molar-refractivity contribution is 0.122. The topological polar surface area (TPSA) is 41.8 Å². The summed E-state index contributed by atoms with van der Waals surface area (Å²) in [5, 5.41) is 3.57. The summed E-state index contributed by atoms with van der Waals surface area (Å²) in [6.07, 6.45) is 2.12. The third-order valence-electron chi connectivity index (χ3n) is 5.32. The fraction of sp³-hybridized carbons (Fsp3) is 0.208. The number of morpholine rings is 1. The number of para-hydroxylation sites is 1. The number of pyridine rings is 1. The Bertz CT molecular complexity index is 1110. The molecule has 1 fully saturated rings. The first-order chi connectivity index (χ1) is 14.3. The molecule has 5 nitrogen and oxygen atoms in total. The molecule has 0 saturated carbocycles. The van der Waals surface area contributed by atoms with Gasteiger partial charge in [-0.3, -0.25) is 4.40 Å². The van der Waals surface area contributed by atoms with Gasteiger partial charge in [0.05, 0.1) is 13.2 Å². The van der Waals surface area contributed by atoms with E-state index in [9.17, 15) is 0 Å². The van der Waals surface area contributed by atoms with Crippen LogP contribution >= 0.6 is 0 Å². The minimum absolute atomic E-state index is 0.790. The maximum Gasteiger partial charge on any atom is 0.143 e. The van der Waals surface area contributed by atoms with Crippen molar-refractivity contribution in [2.75, 3.05) is 36.5 Å². The van der Waals surface area contributed by atoms with E-state index >= 15 is 0 Å². The van der Waals surface area contributed by atoms with Crippen molar-refractivity contribution in [3.8, 4) is 11.3 Å². The molecule has 5 rings (SSSR count). The Morgan fingerprint density at radius 3 is 2.41 bits per heavy atom. The quantitative estimate of drug-likeness (QED) is 0.544. The van der Waals surface area contributed by atoms with Crippen LogP contribution in [0.2, 0.25) is 0 Å². The Kier molecular flexibility index (Phi) is 4.66. The Morgan fingerprint density at radius 1 is 0.897 bits per heavy atom. The second-order valence-electron chi connectivity index (χ2n) is 7.38. The van der Waals surface area contributed by atoms with Crippen molar-refractivity contribution < 1.29 is 4.74 Å². The van der Waals surface area contributed by atoms with Crippen molar-refractivity contribution >= 4 is 22.8 Å². The fourth-order valence-electron chi connectivity index (χ4n) is 3.78. The number of benzene rings is 2. The lowest BCUT2D eigenvalue weighted by atomic mass is 10.1. The van der Waals surface area contributed by atoms with E-state index in [1.165, 1.54) is 11.3 Å². The number of hydrogen-bond donors (Lipinski definition) is 1. The van der Waals surface area contributed by atoms with Crippen LogP contribution in [-0.4, -0.2) is 35.7 Å². The van der Waals surface area contributed by atoms with Gasteiger partial charge in [-0.25, -0.2) is 4.98 Å². The maximum absolute atomic E-state index is 5.47. The highest BCUT2D eigenvalue weighted by atomic mass is 16.5. The van der Waals surface area contributed by atoms with Crippen molar-refractivity contribution in [1.29, 1.82) is 0 Å². The molecule has 0 aliphatic carbocycles. The van der Waals surface area contributed by atoms with Crippen LogP contribution in [0.25, 0.3) is 16.9 Å². The largest absolute Gasteiger partial charge is 0.378 e. The van der Waals surface area contributed by atoms with Gasteiger partial charge in [0.2, 0.25) is 0 Å². The zero-order chi connectivity index (χ0) is 19.6. The molecule has 29 heavy (non-hydrogen) atoms. The standard InChI is InChI=1S/C24H24N4O/c1-18-7-12-22-26-23(24(28(22)17-18)25-20-5-3-2-4-6-20)19-8-10-21(11-9-19)27-13-15-29-16-14-27/h2-12,17,25H,13-16H2,1H3. The van der Waals surface area contributed by atoms with Crippen LogP contribution in [0.1, 0.15) is 5.56 Å². The number of nitrogens with one attached hydrogen (secondary N) is 1. The van der Waals surface area contributed by atoms with E-state index in [4.69, 9.17) is 9.72 Å². The molecule has 1 aliphatic heterocycles. The number of ether oxygens (including phenoxy) is 1. The number of imidazole rings is 1. The summed E-state index contributed by atoms with van der Waals surface area (Å²) in [6.45, 7) is 5.56. The number of anilines is 3. The van der Waals surface area contributed by atoms with Crippen LogP contribution in [0, 0.1) is 6.92 Å². The maximum atomic E-state index is 5.47. The molecule has 1 saturated heterocycles. The molecule has 0 atom stereocenters. The summed E-state index contributed by atoms with van der Waals surface area (Å²) in [5.41, 5.74) is 6.45. The van der Waals surface area contributed by atoms with Gasteiger partial charge in [-0.1, -0.05) is 36.4 Å². The molecule has 4 aromatic rings. The normalized spacial score (nSPS) is 14.3. The van der Waals surface area contributed by atoms with Crippen molar-refractivity contribution in [2.45, 2.75) is 6.92 Å². The van der Waals surface area contributed by atoms with Crippen LogP contribution < -0.4 is 10.2 Å². The van der Waals surface area contributed by atoms with Crippen LogP contribution in [-0.2, 0) is 4.74 Å². The van der Waals surface area contributed by atoms with Crippen LogP contribution in [0.4, 0.5) is 17.2 Å². The summed E-state index contributed by atoms with van der Waals surface area (Å²) in [5.74, 6) is 0.981. The highest BCUT2D eigenvalue weighted by Gasteiger charge is 2.16. The van der Waals surface area contributed by atoms with Gasteiger partial charge in [-0.15, -0.1) is 0 Å². The molecule has 1 aliphatic rings. The number of nitrogens with zero attached hydrogens (tertiary/aromatic N) is 3. The molecule has 146 valence electrons. The Hall–Kier alpha value is -3.31. The van der Waals surface area contributed by atoms with E-state index < -0.39 is 0 Å². The molecule has 0 radical (unpaired) electrons. The summed E-state index contributed by atoms with van der Waals surface area (Å²) in [4.78, 5) is 7.29. The molecule has 3 heterocycles. The van der Waals surface area contributed by atoms with Gasteiger partial charge in [0.15, 0.2) is 0 Å². The zero-order valence-electron chi connectivity index (χ0n) is 16.5. The third-order valence-corrected chi connectivity index (χ3v) is 5.32. The zero-order valence-corrected chi connectivity index (χ0v) is 16.5. The molecule has 0 spiro atoms. The first kappa shape index (κ1) is 17.8. The van der Waals surface area contributed by atoms with Crippen molar-refractivity contribution in [1.82, 2.24) is 9.38 Å². The second-order valence-corrected chi connectivity index (χ2v) is 7.38. The molecule has 5 heteroatoms. The lowest BCUT2D eigenvalue weighted by Gasteiger charge is -2.28. The molecular weight excluding hydrogens is 360 g/mol. The predicted molar refractivity (Wildman–Crippen MR) is 118 cm³/mol. The molecule has 0 amide bonds. The van der Waals surface area contributed by atoms with Gasteiger partial charge in [0, 0.05) is 36.2 Å². The SMILES string of the molecule is Cc1ccc2nc(-c3ccc(N4CCOCC4)cc3)c(Nc3ccccc3)n2c1. The predicted octanol–water partition coefficient (Wildman–Crippen LogP) is 4.89. The summed E-state index contributed by atoms with van der Waals surface area (Å²) >= 11 is 0. The monoisotopic (exact) mass is 384 g/mol. The summed E-state index contributed by atoms with van der Waals surface area (Å²) in [6, 6.07) is 23.1. The fourth-order valence-corrected chi connectivity index (χ4v) is 3.78. The number of hydrogen-bond acceptors (Lipinski definition) is 4. The highest BCUT2D eigenvalue weighted by Crippen LogP contribution is 2.32. The van der Waals surface area contributed by atoms with E-state index in [0.29, 0.717) is 0 Å². The molecule has 2 aromatic heterocycles. The molecule has 2 aromatic carbocycles. The molecule has 0 unspecified atom stereocenters. The summed E-state index contributed by atoms with van der Waals surface area (Å²) < 4.78 is 7.60. The number of rotatable bonds is 4. The van der Waals surface area contributed by atoms with E-state index in [1.54, 1.807) is 0 Å². The van der Waals surface area contributed by atoms with Crippen molar-refractivity contribution in [3.05, 3.63) is 78.5 Å². The van der Waals surface area contributed by atoms with Crippen LogP contribution in [0.15, 0.2) is 72.9 Å². The van der Waals surface area contributed by atoms with E-state index in [2.05, 4.69) is 76.3 Å². The molecular formula is C24H24N4O. The minimum Gasteiger partial charge on any atom is -0.378 e. The van der Waals surface area contributed by atoms with Gasteiger partial charge in [0.1, 0.15) is 17.2 Å². The van der Waals surface area contributed by atoms with Crippen molar-refractivity contribution in [2.24, 2.45) is 0 Å². The Morgan fingerprint density at radius 2 is 1.66 bits per heavy atom. The van der Waals surface area contributed by atoms with E-state index in [0.717, 1.165) is 54.7 Å². The first-order valence-electron chi connectivity index (χ1n) is 10.0. The smallest absolute Gasteiger partial charge is 0.143 e. The van der Waals surface area contributed by atoms with Gasteiger partial charge in [0.25, 0.3) is 0 Å². The van der Waals surface area contributed by atoms with Gasteiger partial charge >= 0.3 is 0 Å². The van der Waals surface area contributed by atoms with E-state index in [-0.39, 0.29) is 0 Å². The number of aromatic nitrogens is 2. The average Bonchev–Trinajstić information content (AvgIpc) is 3.13. The van der Waals surface area contributed by atoms with Gasteiger partial charge in [-0.2, -0.15) is 0 Å². The summed E-state index contributed by atoms with van der Waals surface area (Å²) in [7, 11) is 0. The molecule has 0 bridgehead atoms. The minimum atomic E-state index is 0.790. The third kappa shape index (κ3) is 3.57. The molecule has 1 N–H and O–H groups in total. The average molecular weight is 384 g/mol. The number of aryl methyl sites for hydroxylation is 1. The van der Waals surface area contributed by atoms with E-state index in [1.807, 2.05) is 18.2 Å². The van der Waals surface area contributed by atoms with Crippen molar-refractivity contribution in [3.63, 3.8) is 0 Å². The lowest BCUT2D eigenvalue weighted by Crippen LogP contribution is -2.36. The van der Waals surface area contributed by atoms with Gasteiger partial charge in [-0.05, 0) is 42.8 Å². The Balaban J connectivity index is 1.56. The van der Waals surface area contributed by atoms with Crippen LogP contribution in [0.3, 0.4) is 0 Å². The number of fused-ring (bicyclic) bond motifs is 1. The van der Waals surface area contributed by atoms with Gasteiger partial charge < -0.3 is 15.0 Å².